The maximum Gasteiger partial charge on any atom is 0.317 e. The number of hydrogen-bond donors (Lipinski definition) is 3. The van der Waals surface area contributed by atoms with Crippen molar-refractivity contribution < 1.29 is 19.8 Å². The van der Waals surface area contributed by atoms with Crippen LogP contribution in [-0.4, -0.2) is 52.9 Å². The van der Waals surface area contributed by atoms with Crippen molar-refractivity contribution in [2.75, 3.05) is 19.7 Å². The van der Waals surface area contributed by atoms with Crippen molar-refractivity contribution in [2.45, 2.75) is 50.0 Å². The van der Waals surface area contributed by atoms with E-state index in [0.29, 0.717) is 25.9 Å². The zero-order valence-corrected chi connectivity index (χ0v) is 15.1. The van der Waals surface area contributed by atoms with Crippen LogP contribution in [0, 0.1) is 5.92 Å². The first-order valence-corrected chi connectivity index (χ1v) is 9.49. The van der Waals surface area contributed by atoms with Crippen molar-refractivity contribution in [3.63, 3.8) is 0 Å². The van der Waals surface area contributed by atoms with E-state index >= 15 is 0 Å². The van der Waals surface area contributed by atoms with Crippen molar-refractivity contribution in [2.24, 2.45) is 5.92 Å². The molecule has 1 saturated heterocycles. The highest BCUT2D eigenvalue weighted by Gasteiger charge is 2.37. The van der Waals surface area contributed by atoms with Gasteiger partial charge in [0.2, 0.25) is 0 Å². The van der Waals surface area contributed by atoms with Gasteiger partial charge in [-0.3, -0.25) is 4.79 Å². The first-order chi connectivity index (χ1) is 12.5. The van der Waals surface area contributed by atoms with Crippen LogP contribution in [0.1, 0.15) is 44.1 Å². The van der Waals surface area contributed by atoms with Gasteiger partial charge in [-0.2, -0.15) is 0 Å². The summed E-state index contributed by atoms with van der Waals surface area (Å²) < 4.78 is 0. The highest BCUT2D eigenvalue weighted by atomic mass is 16.4. The Morgan fingerprint density at radius 1 is 1.08 bits per heavy atom. The first kappa shape index (κ1) is 18.7. The lowest BCUT2D eigenvalue weighted by Gasteiger charge is -2.41. The minimum atomic E-state index is -0.730. The molecule has 3 N–H and O–H groups in total. The maximum absolute atomic E-state index is 12.6. The molecular formula is C20H28N2O4. The fourth-order valence-corrected chi connectivity index (χ4v) is 4.22. The number of likely N-dealkylation sites (tertiary alicyclic amines) is 1. The lowest BCUT2D eigenvalue weighted by Crippen LogP contribution is -2.52. The van der Waals surface area contributed by atoms with E-state index in [1.165, 1.54) is 0 Å². The molecule has 142 valence electrons. The topological polar surface area (TPSA) is 89.9 Å². The van der Waals surface area contributed by atoms with Crippen LogP contribution in [0.5, 0.6) is 0 Å². The molecule has 0 bridgehead atoms. The van der Waals surface area contributed by atoms with Gasteiger partial charge in [-0.05, 0) is 44.1 Å². The van der Waals surface area contributed by atoms with Crippen LogP contribution in [0.25, 0.3) is 0 Å². The smallest absolute Gasteiger partial charge is 0.317 e. The predicted molar refractivity (Wildman–Crippen MR) is 97.9 cm³/mol. The van der Waals surface area contributed by atoms with Crippen LogP contribution >= 0.6 is 0 Å². The molecule has 1 saturated carbocycles. The van der Waals surface area contributed by atoms with Gasteiger partial charge in [-0.25, -0.2) is 4.79 Å². The number of hydrogen-bond acceptors (Lipinski definition) is 3. The summed E-state index contributed by atoms with van der Waals surface area (Å²) in [5.41, 5.74) is 0.868. The molecule has 1 aromatic rings. The van der Waals surface area contributed by atoms with Crippen LogP contribution in [-0.2, 0) is 10.2 Å². The largest absolute Gasteiger partial charge is 0.481 e. The number of amides is 2. The van der Waals surface area contributed by atoms with Gasteiger partial charge in [0.05, 0.1) is 12.5 Å². The monoisotopic (exact) mass is 360 g/mol. The van der Waals surface area contributed by atoms with E-state index < -0.39 is 5.97 Å². The van der Waals surface area contributed by atoms with E-state index in [1.807, 2.05) is 35.2 Å². The number of carboxylic acids is 1. The van der Waals surface area contributed by atoms with E-state index in [1.54, 1.807) is 0 Å². The Labute approximate surface area is 154 Å². The summed E-state index contributed by atoms with van der Waals surface area (Å²) in [5, 5.41) is 22.1. The van der Waals surface area contributed by atoms with Gasteiger partial charge in [0, 0.05) is 24.5 Å². The van der Waals surface area contributed by atoms with Gasteiger partial charge in [-0.15, -0.1) is 0 Å². The minimum absolute atomic E-state index is 0.0663. The van der Waals surface area contributed by atoms with E-state index in [2.05, 4.69) is 5.32 Å². The fourth-order valence-electron chi connectivity index (χ4n) is 4.22. The molecule has 1 aliphatic carbocycles. The van der Waals surface area contributed by atoms with Gasteiger partial charge < -0.3 is 20.4 Å². The second kappa shape index (κ2) is 8.08. The van der Waals surface area contributed by atoms with Crippen LogP contribution in [0.2, 0.25) is 0 Å². The molecule has 0 aromatic heterocycles. The second-order valence-corrected chi connectivity index (χ2v) is 7.63. The summed E-state index contributed by atoms with van der Waals surface area (Å²) in [5.74, 6) is -0.999. The van der Waals surface area contributed by atoms with E-state index in [4.69, 9.17) is 5.11 Å². The van der Waals surface area contributed by atoms with Crippen LogP contribution < -0.4 is 5.32 Å². The molecule has 6 nitrogen and oxygen atoms in total. The summed E-state index contributed by atoms with van der Waals surface area (Å²) in [6, 6.07) is 10.0. The molecule has 0 atom stereocenters. The third-order valence-corrected chi connectivity index (χ3v) is 6.10. The Hall–Kier alpha value is -2.08. The van der Waals surface area contributed by atoms with Gasteiger partial charge in [0.1, 0.15) is 0 Å². The Morgan fingerprint density at radius 3 is 2.23 bits per heavy atom. The highest BCUT2D eigenvalue weighted by molar-refractivity contribution is 5.75. The molecule has 26 heavy (non-hydrogen) atoms. The average molecular weight is 360 g/mol. The number of carbonyl (C=O) groups excluding carboxylic acids is 1. The molecule has 1 aliphatic heterocycles. The summed E-state index contributed by atoms with van der Waals surface area (Å²) in [7, 11) is 0. The summed E-state index contributed by atoms with van der Waals surface area (Å²) in [6.07, 6.45) is 4.19. The molecule has 0 unspecified atom stereocenters. The van der Waals surface area contributed by atoms with Crippen LogP contribution in [0.4, 0.5) is 4.79 Å². The van der Waals surface area contributed by atoms with Crippen molar-refractivity contribution in [1.82, 2.24) is 10.2 Å². The average Bonchev–Trinajstić information content (AvgIpc) is 2.69. The van der Waals surface area contributed by atoms with Gasteiger partial charge in [0.25, 0.3) is 0 Å². The second-order valence-electron chi connectivity index (χ2n) is 7.63. The lowest BCUT2D eigenvalue weighted by molar-refractivity contribution is -0.142. The van der Waals surface area contributed by atoms with Crippen molar-refractivity contribution in [3.05, 3.63) is 35.9 Å². The Morgan fingerprint density at radius 2 is 1.69 bits per heavy atom. The summed E-state index contributed by atoms with van der Waals surface area (Å²) in [6.45, 7) is 1.32. The number of carbonyl (C=O) groups is 2. The molecule has 1 heterocycles. The van der Waals surface area contributed by atoms with E-state index in [0.717, 1.165) is 31.2 Å². The van der Waals surface area contributed by atoms with E-state index in [-0.39, 0.29) is 30.0 Å². The quantitative estimate of drug-likeness (QED) is 0.769. The Kier molecular flexibility index (Phi) is 5.81. The molecule has 2 amide bonds. The highest BCUT2D eigenvalue weighted by Crippen LogP contribution is 2.35. The third kappa shape index (κ3) is 4.01. The fraction of sp³-hybridized carbons (Fsp3) is 0.600. The zero-order valence-electron chi connectivity index (χ0n) is 15.1. The number of carboxylic acid groups (broad SMARTS) is 1. The van der Waals surface area contributed by atoms with Crippen molar-refractivity contribution >= 4 is 12.0 Å². The Balaban J connectivity index is 1.52. The molecule has 0 spiro atoms. The predicted octanol–water partition coefficient (Wildman–Crippen LogP) is 2.37. The van der Waals surface area contributed by atoms with Crippen molar-refractivity contribution in [3.8, 4) is 0 Å². The maximum atomic E-state index is 12.6. The lowest BCUT2D eigenvalue weighted by atomic mass is 9.73. The van der Waals surface area contributed by atoms with Crippen LogP contribution in [0.15, 0.2) is 30.3 Å². The van der Waals surface area contributed by atoms with Gasteiger partial charge in [-0.1, -0.05) is 30.3 Å². The number of nitrogens with zero attached hydrogens (tertiary/aromatic N) is 1. The number of aliphatic hydroxyl groups is 1. The SMILES string of the molecule is O=C(O)C1CCC(NC(=O)N2CCC(CO)(c3ccccc3)CC2)CC1. The summed E-state index contributed by atoms with van der Waals surface area (Å²) >= 11 is 0. The minimum Gasteiger partial charge on any atom is -0.481 e. The number of rotatable bonds is 4. The number of aliphatic carboxylic acids is 1. The van der Waals surface area contributed by atoms with Gasteiger partial charge in [0.15, 0.2) is 0 Å². The standard InChI is InChI=1S/C20H28N2O4/c23-14-20(16-4-2-1-3-5-16)10-12-22(13-11-20)19(26)21-17-8-6-15(7-9-17)18(24)25/h1-5,15,17,23H,6-14H2,(H,21,26)(H,24,25). The molecule has 1 aromatic carbocycles. The van der Waals surface area contributed by atoms with E-state index in [9.17, 15) is 14.7 Å². The molecular weight excluding hydrogens is 332 g/mol. The molecule has 6 heteroatoms. The normalized spacial score (nSPS) is 25.5. The number of piperidine rings is 1. The number of aliphatic hydroxyl groups excluding tert-OH is 1. The van der Waals surface area contributed by atoms with Crippen molar-refractivity contribution in [1.29, 1.82) is 0 Å². The molecule has 3 rings (SSSR count). The molecule has 2 fully saturated rings. The number of urea groups is 1. The number of nitrogens with one attached hydrogen (secondary N) is 1. The number of benzene rings is 1. The third-order valence-electron chi connectivity index (χ3n) is 6.10. The van der Waals surface area contributed by atoms with Gasteiger partial charge >= 0.3 is 12.0 Å². The Bertz CT molecular complexity index is 618. The van der Waals surface area contributed by atoms with Crippen LogP contribution in [0.3, 0.4) is 0 Å². The first-order valence-electron chi connectivity index (χ1n) is 9.49. The zero-order chi connectivity index (χ0) is 18.6. The summed E-state index contributed by atoms with van der Waals surface area (Å²) in [4.78, 5) is 25.4. The molecule has 2 aliphatic rings. The molecule has 0 radical (unpaired) electrons.